The van der Waals surface area contributed by atoms with E-state index in [2.05, 4.69) is 11.4 Å². The van der Waals surface area contributed by atoms with Crippen molar-refractivity contribution in [1.29, 1.82) is 0 Å². The molecule has 6 heteroatoms. The lowest BCUT2D eigenvalue weighted by atomic mass is 9.54. The largest absolute Gasteiger partial charge is 0.511 e. The maximum Gasteiger partial charge on any atom is 0.259 e. The summed E-state index contributed by atoms with van der Waals surface area (Å²) in [5.74, 6) is -1.03. The van der Waals surface area contributed by atoms with Crippen molar-refractivity contribution in [2.45, 2.75) is 52.2 Å². The Labute approximate surface area is 166 Å². The van der Waals surface area contributed by atoms with E-state index in [4.69, 9.17) is 0 Å². The van der Waals surface area contributed by atoms with Crippen molar-refractivity contribution in [2.75, 3.05) is 6.61 Å². The number of rotatable bonds is 4. The zero-order valence-corrected chi connectivity index (χ0v) is 16.8. The van der Waals surface area contributed by atoms with Crippen LogP contribution >= 0.6 is 0 Å². The molecule has 2 fully saturated rings. The Morgan fingerprint density at radius 1 is 1.36 bits per heavy atom. The molecule has 0 aromatic heterocycles. The summed E-state index contributed by atoms with van der Waals surface area (Å²) in [5.41, 5.74) is -1.02. The van der Waals surface area contributed by atoms with Crippen LogP contribution in [0.4, 0.5) is 0 Å². The van der Waals surface area contributed by atoms with Crippen molar-refractivity contribution in [1.82, 2.24) is 5.32 Å². The summed E-state index contributed by atoms with van der Waals surface area (Å²) in [7, 11) is 0. The van der Waals surface area contributed by atoms with Gasteiger partial charge in [-0.05, 0) is 50.9 Å². The van der Waals surface area contributed by atoms with E-state index in [1.54, 1.807) is 0 Å². The lowest BCUT2D eigenvalue weighted by Crippen LogP contribution is -2.46. The van der Waals surface area contributed by atoms with Crippen LogP contribution in [0, 0.1) is 29.1 Å². The van der Waals surface area contributed by atoms with E-state index in [9.17, 15) is 24.9 Å². The molecule has 0 unspecified atom stereocenters. The lowest BCUT2D eigenvalue weighted by molar-refractivity contribution is -0.118. The monoisotopic (exact) mass is 389 g/mol. The average molecular weight is 389 g/mol. The van der Waals surface area contributed by atoms with Crippen LogP contribution in [0.2, 0.25) is 0 Å². The number of carbonyl (C=O) groups is 2. The highest BCUT2D eigenvalue weighted by Gasteiger charge is 2.53. The topological polar surface area (TPSA) is 107 Å². The number of amides is 1. The molecule has 1 saturated carbocycles. The van der Waals surface area contributed by atoms with Crippen LogP contribution in [0.5, 0.6) is 0 Å². The Bertz CT molecular complexity index is 737. The van der Waals surface area contributed by atoms with Gasteiger partial charge < -0.3 is 20.6 Å². The molecule has 0 bridgehead atoms. The standard InChI is InChI=1S/C22H31NO5/c1-4-5-15-8-7-14-10-13(11-24)6-9-16(14)22(15,3)20(27)17-19(26)18(12(2)25)23-21(17)28/h4-5,7-8,12-16,18,24-25,27H,6,9-11H2,1-3H3,(H,23,28)/b5-4+,20-17+/t12-,13+,14+,15+,16+,18-,22+/m0/s1. The summed E-state index contributed by atoms with van der Waals surface area (Å²) in [5, 5.41) is 33.2. The minimum atomic E-state index is -1.03. The van der Waals surface area contributed by atoms with Crippen LogP contribution < -0.4 is 5.32 Å². The number of aliphatic hydroxyl groups excluding tert-OH is 3. The van der Waals surface area contributed by atoms with Crippen LogP contribution in [0.15, 0.2) is 35.6 Å². The van der Waals surface area contributed by atoms with Crippen molar-refractivity contribution in [2.24, 2.45) is 29.1 Å². The van der Waals surface area contributed by atoms with Gasteiger partial charge in [0, 0.05) is 17.9 Å². The highest BCUT2D eigenvalue weighted by molar-refractivity contribution is 6.27. The first-order valence-corrected chi connectivity index (χ1v) is 10.1. The molecule has 3 aliphatic rings. The Hall–Kier alpha value is -1.92. The van der Waals surface area contributed by atoms with Gasteiger partial charge in [0.1, 0.15) is 17.4 Å². The van der Waals surface area contributed by atoms with Gasteiger partial charge in [0.15, 0.2) is 5.78 Å². The highest BCUT2D eigenvalue weighted by atomic mass is 16.3. The smallest absolute Gasteiger partial charge is 0.259 e. The second kappa shape index (κ2) is 7.84. The molecule has 6 nitrogen and oxygen atoms in total. The summed E-state index contributed by atoms with van der Waals surface area (Å²) in [6, 6.07) is -1.02. The van der Waals surface area contributed by atoms with Crippen molar-refractivity contribution >= 4 is 11.7 Å². The Morgan fingerprint density at radius 2 is 2.07 bits per heavy atom. The van der Waals surface area contributed by atoms with Crippen LogP contribution in [0.1, 0.15) is 40.0 Å². The molecule has 0 radical (unpaired) electrons. The molecule has 0 aromatic carbocycles. The first kappa shape index (κ1) is 20.8. The maximum absolute atomic E-state index is 12.8. The van der Waals surface area contributed by atoms with Crippen molar-refractivity contribution < 1.29 is 24.9 Å². The Balaban J connectivity index is 2.08. The second-order valence-electron chi connectivity index (χ2n) is 8.63. The van der Waals surface area contributed by atoms with Gasteiger partial charge in [-0.3, -0.25) is 9.59 Å². The Morgan fingerprint density at radius 3 is 2.64 bits per heavy atom. The van der Waals surface area contributed by atoms with Gasteiger partial charge in [0.2, 0.25) is 0 Å². The molecular formula is C22H31NO5. The van der Waals surface area contributed by atoms with Crippen LogP contribution in [-0.4, -0.2) is 45.8 Å². The van der Waals surface area contributed by atoms with Crippen LogP contribution in [0.3, 0.4) is 0 Å². The van der Waals surface area contributed by atoms with Gasteiger partial charge in [-0.15, -0.1) is 0 Å². The van der Waals surface area contributed by atoms with Crippen molar-refractivity contribution in [3.63, 3.8) is 0 Å². The van der Waals surface area contributed by atoms with E-state index in [0.717, 1.165) is 19.3 Å². The SMILES string of the molecule is C/C=C/[C@@H]1C=C[C@@H]2C[C@H](CO)CC[C@H]2[C@]1(C)/C(O)=C1\C(=O)N[C@@H]([C@H](C)O)C1=O. The third-order valence-electron chi connectivity index (χ3n) is 6.97. The quantitative estimate of drug-likeness (QED) is 0.255. The molecule has 7 atom stereocenters. The molecular weight excluding hydrogens is 358 g/mol. The molecule has 1 heterocycles. The third kappa shape index (κ3) is 3.22. The second-order valence-corrected chi connectivity index (χ2v) is 8.63. The maximum atomic E-state index is 12.8. The molecule has 1 saturated heterocycles. The van der Waals surface area contributed by atoms with Crippen molar-refractivity contribution in [3.05, 3.63) is 35.6 Å². The van der Waals surface area contributed by atoms with Crippen LogP contribution in [-0.2, 0) is 9.59 Å². The zero-order valence-electron chi connectivity index (χ0n) is 16.8. The van der Waals surface area contributed by atoms with Gasteiger partial charge in [-0.25, -0.2) is 0 Å². The number of ketones is 1. The van der Waals surface area contributed by atoms with E-state index < -0.39 is 29.3 Å². The zero-order chi connectivity index (χ0) is 20.6. The van der Waals surface area contributed by atoms with Crippen molar-refractivity contribution in [3.8, 4) is 0 Å². The minimum absolute atomic E-state index is 0.0557. The third-order valence-corrected chi connectivity index (χ3v) is 6.97. The molecule has 1 aliphatic heterocycles. The number of carbonyl (C=O) groups excluding carboxylic acids is 2. The number of Topliss-reactive ketones (excluding diaryl/α,β-unsaturated/α-hetero) is 1. The van der Waals surface area contributed by atoms with Crippen LogP contribution in [0.25, 0.3) is 0 Å². The summed E-state index contributed by atoms with van der Waals surface area (Å²) >= 11 is 0. The predicted molar refractivity (Wildman–Crippen MR) is 105 cm³/mol. The van der Waals surface area contributed by atoms with Gasteiger partial charge >= 0.3 is 0 Å². The predicted octanol–water partition coefficient (Wildman–Crippen LogP) is 2.04. The number of hydrogen-bond donors (Lipinski definition) is 4. The van der Waals surface area contributed by atoms with Gasteiger partial charge in [-0.2, -0.15) is 0 Å². The number of allylic oxidation sites excluding steroid dienone is 5. The summed E-state index contributed by atoms with van der Waals surface area (Å²) in [6.07, 6.45) is 9.56. The lowest BCUT2D eigenvalue weighted by Gasteiger charge is -2.50. The number of aliphatic hydroxyl groups is 3. The number of hydrogen-bond acceptors (Lipinski definition) is 5. The first-order valence-electron chi connectivity index (χ1n) is 10.1. The summed E-state index contributed by atoms with van der Waals surface area (Å²) in [4.78, 5) is 25.3. The Kier molecular flexibility index (Phi) is 5.82. The summed E-state index contributed by atoms with van der Waals surface area (Å²) < 4.78 is 0. The first-order chi connectivity index (χ1) is 13.2. The van der Waals surface area contributed by atoms with E-state index in [1.165, 1.54) is 6.92 Å². The fraction of sp³-hybridized carbons (Fsp3) is 0.636. The number of nitrogens with one attached hydrogen (secondary N) is 1. The molecule has 1 amide bonds. The molecule has 154 valence electrons. The highest BCUT2D eigenvalue weighted by Crippen LogP contribution is 2.56. The molecule has 4 N–H and O–H groups in total. The average Bonchev–Trinajstić information content (AvgIpc) is 2.97. The fourth-order valence-electron chi connectivity index (χ4n) is 5.31. The fourth-order valence-corrected chi connectivity index (χ4v) is 5.31. The van der Waals surface area contributed by atoms with Gasteiger partial charge in [0.25, 0.3) is 5.91 Å². The minimum Gasteiger partial charge on any atom is -0.511 e. The molecule has 28 heavy (non-hydrogen) atoms. The van der Waals surface area contributed by atoms with E-state index in [0.29, 0.717) is 0 Å². The molecule has 2 aliphatic carbocycles. The molecule has 0 aromatic rings. The van der Waals surface area contributed by atoms with E-state index >= 15 is 0 Å². The van der Waals surface area contributed by atoms with E-state index in [-0.39, 0.29) is 41.6 Å². The molecule has 0 spiro atoms. The molecule has 3 rings (SSSR count). The summed E-state index contributed by atoms with van der Waals surface area (Å²) in [6.45, 7) is 5.43. The van der Waals surface area contributed by atoms with Gasteiger partial charge in [-0.1, -0.05) is 31.2 Å². The van der Waals surface area contributed by atoms with Gasteiger partial charge in [0.05, 0.1) is 6.10 Å². The normalized spacial score (nSPS) is 41.1. The number of fused-ring (bicyclic) bond motifs is 1. The van der Waals surface area contributed by atoms with E-state index in [1.807, 2.05) is 32.1 Å².